The molecule has 1 unspecified atom stereocenters. The van der Waals surface area contributed by atoms with E-state index in [4.69, 9.17) is 15.6 Å². The third-order valence-electron chi connectivity index (χ3n) is 2.02. The molecule has 0 saturated heterocycles. The van der Waals surface area contributed by atoms with Crippen molar-refractivity contribution in [3.63, 3.8) is 0 Å². The zero-order chi connectivity index (χ0) is 11.0. The zero-order valence-electron chi connectivity index (χ0n) is 8.76. The molecule has 0 amide bonds. The molecule has 1 rings (SSSR count). The molecule has 1 atom stereocenters. The van der Waals surface area contributed by atoms with Crippen molar-refractivity contribution in [2.24, 2.45) is 5.73 Å². The van der Waals surface area contributed by atoms with Gasteiger partial charge in [0.1, 0.15) is 0 Å². The summed E-state index contributed by atoms with van der Waals surface area (Å²) >= 11 is 0. The second-order valence-corrected chi connectivity index (χ2v) is 3.07. The molecular weight excluding hydrogens is 182 g/mol. The van der Waals surface area contributed by atoms with Gasteiger partial charge in [0.2, 0.25) is 0 Å². The summed E-state index contributed by atoms with van der Waals surface area (Å²) < 4.78 is 0. The Kier molecular flexibility index (Phi) is 6.57. The highest BCUT2D eigenvalue weighted by atomic mass is 16.3. The number of hydrogen-bond donors (Lipinski definition) is 2. The lowest BCUT2D eigenvalue weighted by atomic mass is 10.3. The third kappa shape index (κ3) is 4.13. The van der Waals surface area contributed by atoms with E-state index in [1.54, 1.807) is 0 Å². The van der Waals surface area contributed by atoms with E-state index in [1.807, 2.05) is 18.1 Å². The van der Waals surface area contributed by atoms with Crippen molar-refractivity contribution in [2.75, 3.05) is 13.6 Å². The van der Waals surface area contributed by atoms with Crippen LogP contribution in [-0.4, -0.2) is 41.3 Å². The minimum atomic E-state index is -0.250. The standard InChI is InChI=1S/C8H17N3.CH2O2/c1-3-4-5-11-7-6-10(2)8(11)9;2-1-3/h6-8H,3-5,9H2,1-2H3;1H,(H,2,3). The molecule has 1 aliphatic rings. The number of carbonyl (C=O) groups is 1. The van der Waals surface area contributed by atoms with Crippen LogP contribution in [0.3, 0.4) is 0 Å². The van der Waals surface area contributed by atoms with Gasteiger partial charge in [0.25, 0.3) is 6.47 Å². The predicted octanol–water partition coefficient (Wildman–Crippen LogP) is 0.448. The highest BCUT2D eigenvalue weighted by molar-refractivity contribution is 5.32. The topological polar surface area (TPSA) is 69.8 Å². The Labute approximate surface area is 84.8 Å². The summed E-state index contributed by atoms with van der Waals surface area (Å²) in [6.07, 6.45) is 6.56. The molecule has 0 aliphatic carbocycles. The van der Waals surface area contributed by atoms with Crippen LogP contribution in [-0.2, 0) is 4.79 Å². The van der Waals surface area contributed by atoms with Crippen LogP contribution in [0, 0.1) is 0 Å². The van der Waals surface area contributed by atoms with Gasteiger partial charge in [-0.25, -0.2) is 0 Å². The molecule has 0 bridgehead atoms. The van der Waals surface area contributed by atoms with E-state index < -0.39 is 0 Å². The number of carboxylic acid groups (broad SMARTS) is 1. The highest BCUT2D eigenvalue weighted by Gasteiger charge is 2.17. The SMILES string of the molecule is CCCCN1C=CN(C)C1N.O=CO. The minimum Gasteiger partial charge on any atom is -0.483 e. The molecule has 5 heteroatoms. The Bertz CT molecular complexity index is 185. The van der Waals surface area contributed by atoms with Crippen LogP contribution in [0.1, 0.15) is 19.8 Å². The maximum atomic E-state index is 8.36. The second kappa shape index (κ2) is 7.20. The number of nitrogens with two attached hydrogens (primary N) is 1. The number of hydrogen-bond acceptors (Lipinski definition) is 4. The largest absolute Gasteiger partial charge is 0.483 e. The van der Waals surface area contributed by atoms with E-state index in [1.165, 1.54) is 12.8 Å². The zero-order valence-corrected chi connectivity index (χ0v) is 8.76. The van der Waals surface area contributed by atoms with Crippen molar-refractivity contribution in [1.29, 1.82) is 0 Å². The van der Waals surface area contributed by atoms with Crippen LogP contribution in [0.2, 0.25) is 0 Å². The van der Waals surface area contributed by atoms with Gasteiger partial charge in [0, 0.05) is 26.0 Å². The van der Waals surface area contributed by atoms with Gasteiger partial charge in [0.05, 0.1) is 0 Å². The van der Waals surface area contributed by atoms with E-state index >= 15 is 0 Å². The van der Waals surface area contributed by atoms with Crippen LogP contribution >= 0.6 is 0 Å². The van der Waals surface area contributed by atoms with Crippen LogP contribution in [0.25, 0.3) is 0 Å². The third-order valence-corrected chi connectivity index (χ3v) is 2.02. The Morgan fingerprint density at radius 2 is 2.14 bits per heavy atom. The normalized spacial score (nSPS) is 19.2. The summed E-state index contributed by atoms with van der Waals surface area (Å²) in [5.41, 5.74) is 5.85. The fourth-order valence-electron chi connectivity index (χ4n) is 1.15. The minimum absolute atomic E-state index is 0.0570. The summed E-state index contributed by atoms with van der Waals surface area (Å²) in [7, 11) is 1.99. The molecule has 1 aliphatic heterocycles. The molecule has 0 fully saturated rings. The Morgan fingerprint density at radius 3 is 2.50 bits per heavy atom. The van der Waals surface area contributed by atoms with Crippen LogP contribution in [0.4, 0.5) is 0 Å². The summed E-state index contributed by atoms with van der Waals surface area (Å²) in [5, 5.41) is 6.89. The van der Waals surface area contributed by atoms with E-state index in [0.717, 1.165) is 6.54 Å². The number of unbranched alkanes of at least 4 members (excludes halogenated alkanes) is 1. The maximum Gasteiger partial charge on any atom is 0.290 e. The van der Waals surface area contributed by atoms with Crippen LogP contribution < -0.4 is 5.73 Å². The van der Waals surface area contributed by atoms with Gasteiger partial charge in [-0.3, -0.25) is 10.5 Å². The fraction of sp³-hybridized carbons (Fsp3) is 0.667. The van der Waals surface area contributed by atoms with E-state index in [0.29, 0.717) is 0 Å². The first-order chi connectivity index (χ1) is 6.67. The predicted molar refractivity (Wildman–Crippen MR) is 55.2 cm³/mol. The molecule has 5 nitrogen and oxygen atoms in total. The summed E-state index contributed by atoms with van der Waals surface area (Å²) in [6.45, 7) is 3.01. The molecule has 14 heavy (non-hydrogen) atoms. The lowest BCUT2D eigenvalue weighted by Crippen LogP contribution is -2.44. The van der Waals surface area contributed by atoms with Gasteiger partial charge in [0.15, 0.2) is 6.29 Å². The molecule has 0 aromatic carbocycles. The molecule has 82 valence electrons. The van der Waals surface area contributed by atoms with Crippen LogP contribution in [0.5, 0.6) is 0 Å². The molecule has 0 aromatic heterocycles. The maximum absolute atomic E-state index is 8.36. The van der Waals surface area contributed by atoms with Crippen molar-refractivity contribution < 1.29 is 9.90 Å². The van der Waals surface area contributed by atoms with Gasteiger partial charge in [-0.2, -0.15) is 0 Å². The molecule has 0 saturated carbocycles. The van der Waals surface area contributed by atoms with E-state index in [2.05, 4.69) is 18.0 Å². The fourth-order valence-corrected chi connectivity index (χ4v) is 1.15. The van der Waals surface area contributed by atoms with Crippen molar-refractivity contribution in [3.05, 3.63) is 12.4 Å². The van der Waals surface area contributed by atoms with Crippen molar-refractivity contribution in [2.45, 2.75) is 26.1 Å². The summed E-state index contributed by atoms with van der Waals surface area (Å²) in [4.78, 5) is 12.5. The average Bonchev–Trinajstić information content (AvgIpc) is 2.47. The van der Waals surface area contributed by atoms with Gasteiger partial charge >= 0.3 is 0 Å². The number of rotatable bonds is 3. The van der Waals surface area contributed by atoms with Crippen molar-refractivity contribution in [1.82, 2.24) is 9.80 Å². The van der Waals surface area contributed by atoms with Gasteiger partial charge < -0.3 is 14.9 Å². The lowest BCUT2D eigenvalue weighted by molar-refractivity contribution is -0.122. The summed E-state index contributed by atoms with van der Waals surface area (Å²) in [6, 6.07) is 0. The Balaban J connectivity index is 0.000000500. The van der Waals surface area contributed by atoms with E-state index in [-0.39, 0.29) is 12.8 Å². The monoisotopic (exact) mass is 201 g/mol. The molecule has 1 heterocycles. The smallest absolute Gasteiger partial charge is 0.290 e. The first-order valence-electron chi connectivity index (χ1n) is 4.66. The van der Waals surface area contributed by atoms with Gasteiger partial charge in [-0.05, 0) is 6.42 Å². The quantitative estimate of drug-likeness (QED) is 0.649. The highest BCUT2D eigenvalue weighted by Crippen LogP contribution is 2.09. The average molecular weight is 201 g/mol. The van der Waals surface area contributed by atoms with Crippen LogP contribution in [0.15, 0.2) is 12.4 Å². The van der Waals surface area contributed by atoms with Gasteiger partial charge in [-0.1, -0.05) is 13.3 Å². The lowest BCUT2D eigenvalue weighted by Gasteiger charge is -2.26. The molecule has 3 N–H and O–H groups in total. The van der Waals surface area contributed by atoms with E-state index in [9.17, 15) is 0 Å². The number of nitrogens with zero attached hydrogens (tertiary/aromatic N) is 2. The molecule has 0 spiro atoms. The second-order valence-electron chi connectivity index (χ2n) is 3.07. The Hall–Kier alpha value is -1.23. The molecule has 0 radical (unpaired) electrons. The van der Waals surface area contributed by atoms with Crippen molar-refractivity contribution >= 4 is 6.47 Å². The van der Waals surface area contributed by atoms with Crippen molar-refractivity contribution in [3.8, 4) is 0 Å². The first-order valence-corrected chi connectivity index (χ1v) is 4.66. The summed E-state index contributed by atoms with van der Waals surface area (Å²) in [5.74, 6) is 0. The molecule has 0 aromatic rings. The molecular formula is C9H19N3O2. The Morgan fingerprint density at radius 1 is 1.57 bits per heavy atom. The van der Waals surface area contributed by atoms with Gasteiger partial charge in [-0.15, -0.1) is 0 Å². The first kappa shape index (κ1) is 12.8.